The topological polar surface area (TPSA) is 55.8 Å². The Balaban J connectivity index is 2.25. The largest absolute Gasteiger partial charge is 0.497 e. The highest BCUT2D eigenvalue weighted by Gasteiger charge is 2.21. The van der Waals surface area contributed by atoms with Crippen LogP contribution in [0.15, 0.2) is 48.5 Å². The lowest BCUT2D eigenvalue weighted by atomic mass is 9.92. The van der Waals surface area contributed by atoms with Crippen molar-refractivity contribution in [2.75, 3.05) is 13.7 Å². The van der Waals surface area contributed by atoms with Crippen molar-refractivity contribution in [3.8, 4) is 11.5 Å². The minimum Gasteiger partial charge on any atom is -0.497 e. The van der Waals surface area contributed by atoms with E-state index in [4.69, 9.17) is 9.47 Å². The first-order chi connectivity index (χ1) is 10.6. The standard InChI is InChI=1S/C18H20O4/c1-3-22-16-9-4-6-13(10-16)11-17(18(19)20)14-7-5-8-15(12-14)21-2/h4-10,12,17H,3,11H2,1-2H3,(H,19,20). The summed E-state index contributed by atoms with van der Waals surface area (Å²) in [6, 6.07) is 14.7. The fourth-order valence-corrected chi connectivity index (χ4v) is 2.37. The SMILES string of the molecule is CCOc1cccc(CC(C(=O)O)c2cccc(OC)c2)c1. The van der Waals surface area contributed by atoms with Gasteiger partial charge >= 0.3 is 5.97 Å². The Morgan fingerprint density at radius 1 is 1.14 bits per heavy atom. The van der Waals surface area contributed by atoms with Gasteiger partial charge in [0.15, 0.2) is 0 Å². The van der Waals surface area contributed by atoms with Gasteiger partial charge < -0.3 is 14.6 Å². The minimum atomic E-state index is -0.852. The van der Waals surface area contributed by atoms with Crippen molar-refractivity contribution in [1.29, 1.82) is 0 Å². The van der Waals surface area contributed by atoms with Gasteiger partial charge in [-0.05, 0) is 48.7 Å². The molecule has 116 valence electrons. The summed E-state index contributed by atoms with van der Waals surface area (Å²) in [5.41, 5.74) is 1.66. The average Bonchev–Trinajstić information content (AvgIpc) is 2.53. The van der Waals surface area contributed by atoms with Crippen LogP contribution in [0.4, 0.5) is 0 Å². The van der Waals surface area contributed by atoms with Crippen LogP contribution in [0.25, 0.3) is 0 Å². The maximum absolute atomic E-state index is 11.6. The van der Waals surface area contributed by atoms with Crippen LogP contribution in [0.2, 0.25) is 0 Å². The van der Waals surface area contributed by atoms with E-state index in [1.54, 1.807) is 25.3 Å². The first-order valence-electron chi connectivity index (χ1n) is 7.22. The number of rotatable bonds is 7. The van der Waals surface area contributed by atoms with E-state index in [1.807, 2.05) is 37.3 Å². The van der Waals surface area contributed by atoms with Crippen LogP contribution in [0, 0.1) is 0 Å². The van der Waals surface area contributed by atoms with Gasteiger partial charge in [0.2, 0.25) is 0 Å². The number of hydrogen-bond acceptors (Lipinski definition) is 3. The van der Waals surface area contributed by atoms with E-state index in [2.05, 4.69) is 0 Å². The molecular formula is C18H20O4. The van der Waals surface area contributed by atoms with E-state index in [-0.39, 0.29) is 0 Å². The van der Waals surface area contributed by atoms with E-state index < -0.39 is 11.9 Å². The van der Waals surface area contributed by atoms with Crippen LogP contribution in [0.5, 0.6) is 11.5 Å². The van der Waals surface area contributed by atoms with Gasteiger partial charge in [0.25, 0.3) is 0 Å². The smallest absolute Gasteiger partial charge is 0.311 e. The molecule has 0 radical (unpaired) electrons. The zero-order valence-electron chi connectivity index (χ0n) is 12.8. The number of benzene rings is 2. The summed E-state index contributed by atoms with van der Waals surface area (Å²) >= 11 is 0. The average molecular weight is 300 g/mol. The maximum Gasteiger partial charge on any atom is 0.311 e. The predicted octanol–water partition coefficient (Wildman–Crippen LogP) is 3.50. The van der Waals surface area contributed by atoms with Gasteiger partial charge in [0.05, 0.1) is 19.6 Å². The van der Waals surface area contributed by atoms with E-state index in [9.17, 15) is 9.90 Å². The second-order valence-electron chi connectivity index (χ2n) is 4.95. The molecule has 0 aliphatic heterocycles. The monoisotopic (exact) mass is 300 g/mol. The number of methoxy groups -OCH3 is 1. The number of carboxylic acids is 1. The number of ether oxygens (including phenoxy) is 2. The molecule has 4 heteroatoms. The van der Waals surface area contributed by atoms with Crippen molar-refractivity contribution < 1.29 is 19.4 Å². The molecule has 0 heterocycles. The lowest BCUT2D eigenvalue weighted by Crippen LogP contribution is -2.14. The maximum atomic E-state index is 11.6. The molecule has 0 saturated heterocycles. The normalized spacial score (nSPS) is 11.7. The second-order valence-corrected chi connectivity index (χ2v) is 4.95. The van der Waals surface area contributed by atoms with Gasteiger partial charge in [-0.25, -0.2) is 0 Å². The van der Waals surface area contributed by atoms with Crippen LogP contribution in [-0.2, 0) is 11.2 Å². The van der Waals surface area contributed by atoms with Crippen molar-refractivity contribution in [3.63, 3.8) is 0 Å². The molecule has 0 amide bonds. The molecule has 4 nitrogen and oxygen atoms in total. The third-order valence-corrected chi connectivity index (χ3v) is 3.44. The molecule has 0 bridgehead atoms. The molecule has 0 spiro atoms. The Morgan fingerprint density at radius 3 is 2.55 bits per heavy atom. The quantitative estimate of drug-likeness (QED) is 0.850. The highest BCUT2D eigenvalue weighted by Crippen LogP contribution is 2.26. The number of hydrogen-bond donors (Lipinski definition) is 1. The third kappa shape index (κ3) is 4.01. The summed E-state index contributed by atoms with van der Waals surface area (Å²) in [5.74, 6) is -0.0522. The van der Waals surface area contributed by atoms with E-state index in [0.29, 0.717) is 18.8 Å². The molecule has 0 fully saturated rings. The summed E-state index contributed by atoms with van der Waals surface area (Å²) < 4.78 is 10.6. The Kier molecular flexibility index (Phi) is 5.42. The van der Waals surface area contributed by atoms with Gasteiger partial charge in [-0.1, -0.05) is 24.3 Å². The fraction of sp³-hybridized carbons (Fsp3) is 0.278. The minimum absolute atomic E-state index is 0.406. The lowest BCUT2D eigenvalue weighted by molar-refractivity contribution is -0.138. The van der Waals surface area contributed by atoms with Crippen molar-refractivity contribution in [2.45, 2.75) is 19.3 Å². The molecule has 0 aliphatic carbocycles. The van der Waals surface area contributed by atoms with Gasteiger partial charge in [0, 0.05) is 0 Å². The Bertz CT molecular complexity index is 636. The summed E-state index contributed by atoms with van der Waals surface area (Å²) in [5, 5.41) is 9.55. The second kappa shape index (κ2) is 7.50. The zero-order valence-corrected chi connectivity index (χ0v) is 12.8. The first kappa shape index (κ1) is 15.9. The summed E-state index contributed by atoms with van der Waals surface area (Å²) in [6.07, 6.45) is 0.406. The Labute approximate surface area is 130 Å². The molecule has 22 heavy (non-hydrogen) atoms. The first-order valence-corrected chi connectivity index (χ1v) is 7.22. The predicted molar refractivity (Wildman–Crippen MR) is 84.7 cm³/mol. The highest BCUT2D eigenvalue weighted by atomic mass is 16.5. The van der Waals surface area contributed by atoms with Crippen LogP contribution in [0.1, 0.15) is 24.0 Å². The summed E-state index contributed by atoms with van der Waals surface area (Å²) in [7, 11) is 1.57. The van der Waals surface area contributed by atoms with Gasteiger partial charge in [-0.2, -0.15) is 0 Å². The molecule has 2 aromatic carbocycles. The Hall–Kier alpha value is -2.49. The number of carboxylic acid groups (broad SMARTS) is 1. The highest BCUT2D eigenvalue weighted by molar-refractivity contribution is 5.76. The van der Waals surface area contributed by atoms with Crippen molar-refractivity contribution in [1.82, 2.24) is 0 Å². The number of aliphatic carboxylic acids is 1. The third-order valence-electron chi connectivity index (χ3n) is 3.44. The van der Waals surface area contributed by atoms with Crippen LogP contribution in [0.3, 0.4) is 0 Å². The van der Waals surface area contributed by atoms with Crippen molar-refractivity contribution >= 4 is 5.97 Å². The molecule has 1 atom stereocenters. The van der Waals surface area contributed by atoms with Crippen LogP contribution >= 0.6 is 0 Å². The van der Waals surface area contributed by atoms with Crippen LogP contribution < -0.4 is 9.47 Å². The van der Waals surface area contributed by atoms with E-state index >= 15 is 0 Å². The molecular weight excluding hydrogens is 280 g/mol. The van der Waals surface area contributed by atoms with E-state index in [1.165, 1.54) is 0 Å². The molecule has 1 N–H and O–H groups in total. The van der Waals surface area contributed by atoms with Crippen LogP contribution in [-0.4, -0.2) is 24.8 Å². The van der Waals surface area contributed by atoms with Gasteiger partial charge in [0.1, 0.15) is 11.5 Å². The van der Waals surface area contributed by atoms with Crippen molar-refractivity contribution in [3.05, 3.63) is 59.7 Å². The van der Waals surface area contributed by atoms with Gasteiger partial charge in [-0.15, -0.1) is 0 Å². The molecule has 0 aromatic heterocycles. The molecule has 0 aliphatic rings. The molecule has 2 rings (SSSR count). The summed E-state index contributed by atoms with van der Waals surface area (Å²) in [6.45, 7) is 2.50. The van der Waals surface area contributed by atoms with E-state index in [0.717, 1.165) is 16.9 Å². The zero-order chi connectivity index (χ0) is 15.9. The molecule has 1 unspecified atom stereocenters. The fourth-order valence-electron chi connectivity index (χ4n) is 2.37. The molecule has 2 aromatic rings. The molecule has 0 saturated carbocycles. The van der Waals surface area contributed by atoms with Gasteiger partial charge in [-0.3, -0.25) is 4.79 Å². The van der Waals surface area contributed by atoms with Crippen molar-refractivity contribution in [2.24, 2.45) is 0 Å². The number of carbonyl (C=O) groups is 1. The lowest BCUT2D eigenvalue weighted by Gasteiger charge is -2.14. The summed E-state index contributed by atoms with van der Waals surface area (Å²) in [4.78, 5) is 11.6. The Morgan fingerprint density at radius 2 is 1.86 bits per heavy atom.